The summed E-state index contributed by atoms with van der Waals surface area (Å²) < 4.78 is 0. The van der Waals surface area contributed by atoms with Crippen molar-refractivity contribution in [2.75, 3.05) is 17.7 Å². The van der Waals surface area contributed by atoms with E-state index in [-0.39, 0.29) is 17.8 Å². The van der Waals surface area contributed by atoms with Crippen LogP contribution in [-0.4, -0.2) is 28.6 Å². The van der Waals surface area contributed by atoms with Gasteiger partial charge in [0, 0.05) is 10.9 Å². The quantitative estimate of drug-likeness (QED) is 0.832. The molecule has 5 heteroatoms. The Kier molecular flexibility index (Phi) is 5.53. The van der Waals surface area contributed by atoms with Gasteiger partial charge in [0.25, 0.3) is 0 Å². The van der Waals surface area contributed by atoms with Crippen LogP contribution in [-0.2, 0) is 4.79 Å². The third-order valence-corrected chi connectivity index (χ3v) is 3.20. The highest BCUT2D eigenvalue weighted by Crippen LogP contribution is 2.12. The lowest BCUT2D eigenvalue weighted by molar-refractivity contribution is -0.113. The van der Waals surface area contributed by atoms with Crippen molar-refractivity contribution in [3.8, 4) is 6.07 Å². The molecular formula is C12H14N2O2S. The smallest absolute Gasteiger partial charge is 0.234 e. The fourth-order valence-corrected chi connectivity index (χ4v) is 1.71. The van der Waals surface area contributed by atoms with E-state index in [1.807, 2.05) is 13.0 Å². The molecule has 0 bridgehead atoms. The Morgan fingerprint density at radius 2 is 2.18 bits per heavy atom. The van der Waals surface area contributed by atoms with Gasteiger partial charge in [-0.1, -0.05) is 6.92 Å². The topological polar surface area (TPSA) is 73.1 Å². The molecule has 1 aromatic carbocycles. The molecule has 0 aliphatic carbocycles. The van der Waals surface area contributed by atoms with Gasteiger partial charge < -0.3 is 10.4 Å². The summed E-state index contributed by atoms with van der Waals surface area (Å²) in [6.45, 7) is 1.93. The number of carbonyl (C=O) groups is 1. The molecule has 0 aromatic heterocycles. The van der Waals surface area contributed by atoms with Crippen LogP contribution in [0.5, 0.6) is 0 Å². The van der Waals surface area contributed by atoms with E-state index in [0.29, 0.717) is 17.0 Å². The molecule has 4 nitrogen and oxygen atoms in total. The number of rotatable bonds is 5. The van der Waals surface area contributed by atoms with E-state index in [2.05, 4.69) is 5.32 Å². The SMILES string of the molecule is CC(CO)SCC(=O)Nc1ccc(C#N)cc1. The van der Waals surface area contributed by atoms with Gasteiger partial charge in [-0.25, -0.2) is 0 Å². The molecule has 1 amide bonds. The van der Waals surface area contributed by atoms with Crippen molar-refractivity contribution in [1.82, 2.24) is 0 Å². The Balaban J connectivity index is 2.43. The molecule has 0 saturated heterocycles. The van der Waals surface area contributed by atoms with Crippen molar-refractivity contribution in [1.29, 1.82) is 5.26 Å². The van der Waals surface area contributed by atoms with Gasteiger partial charge in [-0.2, -0.15) is 5.26 Å². The third kappa shape index (κ3) is 4.89. The van der Waals surface area contributed by atoms with Gasteiger partial charge in [0.2, 0.25) is 5.91 Å². The van der Waals surface area contributed by atoms with E-state index in [9.17, 15) is 4.79 Å². The molecule has 0 aliphatic heterocycles. The number of hydrogen-bond acceptors (Lipinski definition) is 4. The number of nitrogens with zero attached hydrogens (tertiary/aromatic N) is 1. The maximum atomic E-state index is 11.5. The number of benzene rings is 1. The van der Waals surface area contributed by atoms with Crippen molar-refractivity contribution < 1.29 is 9.90 Å². The summed E-state index contributed by atoms with van der Waals surface area (Å²) >= 11 is 1.40. The van der Waals surface area contributed by atoms with Crippen molar-refractivity contribution >= 4 is 23.4 Å². The molecule has 0 heterocycles. The minimum atomic E-state index is -0.111. The van der Waals surface area contributed by atoms with Crippen LogP contribution >= 0.6 is 11.8 Å². The van der Waals surface area contributed by atoms with Gasteiger partial charge in [0.05, 0.1) is 24.0 Å². The number of hydrogen-bond donors (Lipinski definition) is 2. The average molecular weight is 250 g/mol. The number of nitrogens with one attached hydrogen (secondary N) is 1. The summed E-state index contributed by atoms with van der Waals surface area (Å²) in [5, 5.41) is 20.2. The van der Waals surface area contributed by atoms with Gasteiger partial charge in [0.1, 0.15) is 0 Å². The number of amides is 1. The predicted octanol–water partition coefficient (Wildman–Crippen LogP) is 1.61. The summed E-state index contributed by atoms with van der Waals surface area (Å²) in [6.07, 6.45) is 0. The summed E-state index contributed by atoms with van der Waals surface area (Å²) in [7, 11) is 0. The van der Waals surface area contributed by atoms with Gasteiger partial charge in [-0.05, 0) is 24.3 Å². The molecule has 1 rings (SSSR count). The van der Waals surface area contributed by atoms with Crippen molar-refractivity contribution in [2.24, 2.45) is 0 Å². The highest BCUT2D eigenvalue weighted by molar-refractivity contribution is 8.00. The fraction of sp³-hybridized carbons (Fsp3) is 0.333. The van der Waals surface area contributed by atoms with E-state index in [1.165, 1.54) is 11.8 Å². The monoisotopic (exact) mass is 250 g/mol. The minimum absolute atomic E-state index is 0.0571. The lowest BCUT2D eigenvalue weighted by Crippen LogP contribution is -2.16. The number of aliphatic hydroxyl groups excluding tert-OH is 1. The highest BCUT2D eigenvalue weighted by atomic mass is 32.2. The number of thioether (sulfide) groups is 1. The molecule has 0 fully saturated rings. The Morgan fingerprint density at radius 1 is 1.53 bits per heavy atom. The van der Waals surface area contributed by atoms with Crippen LogP contribution in [0.1, 0.15) is 12.5 Å². The van der Waals surface area contributed by atoms with E-state index in [4.69, 9.17) is 10.4 Å². The number of anilines is 1. The molecule has 1 aromatic rings. The lowest BCUT2D eigenvalue weighted by atomic mass is 10.2. The lowest BCUT2D eigenvalue weighted by Gasteiger charge is -2.08. The molecule has 1 atom stereocenters. The van der Waals surface area contributed by atoms with Crippen LogP contribution < -0.4 is 5.32 Å². The first-order valence-electron chi connectivity index (χ1n) is 5.18. The Labute approximate surface area is 105 Å². The molecule has 2 N–H and O–H groups in total. The standard InChI is InChI=1S/C12H14N2O2S/c1-9(7-15)17-8-12(16)14-11-4-2-10(6-13)3-5-11/h2-5,9,15H,7-8H2,1H3,(H,14,16). The largest absolute Gasteiger partial charge is 0.395 e. The van der Waals surface area contributed by atoms with Gasteiger partial charge in [0.15, 0.2) is 0 Å². The molecule has 0 spiro atoms. The first kappa shape index (κ1) is 13.6. The number of nitriles is 1. The molecule has 1 unspecified atom stereocenters. The van der Waals surface area contributed by atoms with Crippen LogP contribution in [0, 0.1) is 11.3 Å². The third-order valence-electron chi connectivity index (χ3n) is 2.05. The van der Waals surface area contributed by atoms with E-state index in [0.717, 1.165) is 0 Å². The summed E-state index contributed by atoms with van der Waals surface area (Å²) in [5.74, 6) is 0.196. The molecule has 0 aliphatic rings. The van der Waals surface area contributed by atoms with Crippen molar-refractivity contribution in [3.05, 3.63) is 29.8 Å². The van der Waals surface area contributed by atoms with Crippen molar-refractivity contribution in [2.45, 2.75) is 12.2 Å². The second-order valence-electron chi connectivity index (χ2n) is 3.54. The highest BCUT2D eigenvalue weighted by Gasteiger charge is 2.06. The number of aliphatic hydroxyl groups is 1. The molecule has 0 radical (unpaired) electrons. The zero-order chi connectivity index (χ0) is 12.7. The van der Waals surface area contributed by atoms with Crippen LogP contribution in [0.2, 0.25) is 0 Å². The summed E-state index contributed by atoms with van der Waals surface area (Å²) in [5.41, 5.74) is 1.23. The van der Waals surface area contributed by atoms with Gasteiger partial charge >= 0.3 is 0 Å². The average Bonchev–Trinajstić information content (AvgIpc) is 2.36. The van der Waals surface area contributed by atoms with Crippen molar-refractivity contribution in [3.63, 3.8) is 0 Å². The van der Waals surface area contributed by atoms with Crippen LogP contribution in [0.4, 0.5) is 5.69 Å². The second kappa shape index (κ2) is 6.94. The molecular weight excluding hydrogens is 236 g/mol. The first-order valence-corrected chi connectivity index (χ1v) is 6.23. The molecule has 17 heavy (non-hydrogen) atoms. The van der Waals surface area contributed by atoms with Crippen LogP contribution in [0.3, 0.4) is 0 Å². The second-order valence-corrected chi connectivity index (χ2v) is 4.97. The Hall–Kier alpha value is -1.51. The number of carbonyl (C=O) groups excluding carboxylic acids is 1. The van der Waals surface area contributed by atoms with Gasteiger partial charge in [-0.15, -0.1) is 11.8 Å². The maximum Gasteiger partial charge on any atom is 0.234 e. The fourth-order valence-electron chi connectivity index (χ4n) is 1.10. The van der Waals surface area contributed by atoms with Crippen LogP contribution in [0.15, 0.2) is 24.3 Å². The molecule has 90 valence electrons. The minimum Gasteiger partial charge on any atom is -0.395 e. The first-order chi connectivity index (χ1) is 8.15. The normalized spacial score (nSPS) is 11.6. The zero-order valence-corrected chi connectivity index (χ0v) is 10.3. The molecule has 0 saturated carbocycles. The maximum absolute atomic E-state index is 11.5. The van der Waals surface area contributed by atoms with Gasteiger partial charge in [-0.3, -0.25) is 4.79 Å². The zero-order valence-electron chi connectivity index (χ0n) is 9.51. The van der Waals surface area contributed by atoms with E-state index >= 15 is 0 Å². The Morgan fingerprint density at radius 3 is 2.71 bits per heavy atom. The summed E-state index contributed by atoms with van der Waals surface area (Å²) in [6, 6.07) is 8.70. The van der Waals surface area contributed by atoms with E-state index < -0.39 is 0 Å². The van der Waals surface area contributed by atoms with Crippen LogP contribution in [0.25, 0.3) is 0 Å². The van der Waals surface area contributed by atoms with E-state index in [1.54, 1.807) is 24.3 Å². The Bertz CT molecular complexity index is 412. The summed E-state index contributed by atoms with van der Waals surface area (Å²) in [4.78, 5) is 11.5. The predicted molar refractivity (Wildman–Crippen MR) is 68.8 cm³/mol.